The molecule has 2 rings (SSSR count). The fourth-order valence-corrected chi connectivity index (χ4v) is 2.73. The minimum absolute atomic E-state index is 0.114. The zero-order valence-electron chi connectivity index (χ0n) is 13.6. The van der Waals surface area contributed by atoms with Crippen LogP contribution in [0.1, 0.15) is 25.3 Å². The molecule has 1 aliphatic heterocycles. The molecule has 130 valence electrons. The van der Waals surface area contributed by atoms with Crippen LogP contribution in [0.5, 0.6) is 0 Å². The highest BCUT2D eigenvalue weighted by atomic mass is 16.6. The Hall–Kier alpha value is -2.57. The summed E-state index contributed by atoms with van der Waals surface area (Å²) in [7, 11) is 0. The van der Waals surface area contributed by atoms with Crippen molar-refractivity contribution in [3.8, 4) is 0 Å². The van der Waals surface area contributed by atoms with Gasteiger partial charge in [-0.3, -0.25) is 14.5 Å². The molecule has 1 heterocycles. The van der Waals surface area contributed by atoms with E-state index in [-0.39, 0.29) is 32.1 Å². The van der Waals surface area contributed by atoms with Crippen molar-refractivity contribution in [2.45, 2.75) is 32.4 Å². The van der Waals surface area contributed by atoms with Gasteiger partial charge in [-0.25, -0.2) is 4.79 Å². The first-order valence-electron chi connectivity index (χ1n) is 7.96. The van der Waals surface area contributed by atoms with Crippen molar-refractivity contribution < 1.29 is 23.9 Å². The third-order valence-corrected chi connectivity index (χ3v) is 3.99. The number of amides is 2. The Bertz CT molecular complexity index is 590. The van der Waals surface area contributed by atoms with Gasteiger partial charge in [0.2, 0.25) is 5.91 Å². The fraction of sp³-hybridized carbons (Fsp3) is 0.471. The highest BCUT2D eigenvalue weighted by molar-refractivity contribution is 5.85. The number of esters is 1. The van der Waals surface area contributed by atoms with E-state index in [9.17, 15) is 14.4 Å². The normalized spacial score (nSPS) is 20.3. The van der Waals surface area contributed by atoms with Gasteiger partial charge in [-0.15, -0.1) is 0 Å². The summed E-state index contributed by atoms with van der Waals surface area (Å²) in [6.07, 6.45) is -0.0255. The standard InChI is InChI=1S/C17H22N2O5/c1-2-23-16(21)13-8-9-19(14(10-13)15(18)20)17(22)24-11-12-6-4-3-5-7-12/h3-7,13-14H,2,8-11H2,1H3,(H2,18,20)/t13-,14-/m0/s1. The van der Waals surface area contributed by atoms with Gasteiger partial charge >= 0.3 is 12.1 Å². The predicted molar refractivity (Wildman–Crippen MR) is 85.7 cm³/mol. The van der Waals surface area contributed by atoms with E-state index in [4.69, 9.17) is 15.2 Å². The molecule has 2 N–H and O–H groups in total. The van der Waals surface area contributed by atoms with E-state index >= 15 is 0 Å². The summed E-state index contributed by atoms with van der Waals surface area (Å²) >= 11 is 0. The van der Waals surface area contributed by atoms with Crippen LogP contribution in [0.15, 0.2) is 30.3 Å². The second-order valence-corrected chi connectivity index (χ2v) is 5.63. The SMILES string of the molecule is CCOC(=O)[C@H]1CCN(C(=O)OCc2ccccc2)[C@H](C(N)=O)C1. The van der Waals surface area contributed by atoms with E-state index in [2.05, 4.69) is 0 Å². The third-order valence-electron chi connectivity index (χ3n) is 3.99. The molecule has 2 atom stereocenters. The van der Waals surface area contributed by atoms with Gasteiger partial charge in [-0.05, 0) is 25.3 Å². The van der Waals surface area contributed by atoms with Gasteiger partial charge in [0.1, 0.15) is 12.6 Å². The van der Waals surface area contributed by atoms with Crippen LogP contribution in [-0.2, 0) is 25.7 Å². The molecule has 1 aromatic carbocycles. The molecule has 24 heavy (non-hydrogen) atoms. The van der Waals surface area contributed by atoms with Gasteiger partial charge in [-0.2, -0.15) is 0 Å². The number of nitrogens with zero attached hydrogens (tertiary/aromatic N) is 1. The number of piperidine rings is 1. The summed E-state index contributed by atoms with van der Waals surface area (Å²) < 4.78 is 10.2. The molecule has 1 aliphatic rings. The molecule has 1 saturated heterocycles. The molecule has 1 aromatic rings. The van der Waals surface area contributed by atoms with Crippen molar-refractivity contribution in [2.75, 3.05) is 13.2 Å². The molecule has 0 radical (unpaired) electrons. The number of likely N-dealkylation sites (tertiary alicyclic amines) is 1. The summed E-state index contributed by atoms with van der Waals surface area (Å²) in [6, 6.07) is 8.38. The highest BCUT2D eigenvalue weighted by Crippen LogP contribution is 2.25. The molecule has 2 amide bonds. The van der Waals surface area contributed by atoms with Gasteiger partial charge in [0.05, 0.1) is 12.5 Å². The van der Waals surface area contributed by atoms with E-state index in [1.807, 2.05) is 30.3 Å². The van der Waals surface area contributed by atoms with Gasteiger partial charge < -0.3 is 15.2 Å². The number of primary amides is 1. The van der Waals surface area contributed by atoms with Gasteiger partial charge in [0.25, 0.3) is 0 Å². The van der Waals surface area contributed by atoms with Crippen LogP contribution in [0.4, 0.5) is 4.79 Å². The average molecular weight is 334 g/mol. The molecule has 0 saturated carbocycles. The topological polar surface area (TPSA) is 98.9 Å². The van der Waals surface area contributed by atoms with Crippen LogP contribution >= 0.6 is 0 Å². The summed E-state index contributed by atoms with van der Waals surface area (Å²) in [5, 5.41) is 0. The largest absolute Gasteiger partial charge is 0.466 e. The van der Waals surface area contributed by atoms with Crippen molar-refractivity contribution in [2.24, 2.45) is 11.7 Å². The Morgan fingerprint density at radius 1 is 1.21 bits per heavy atom. The molecule has 7 heteroatoms. The number of carbonyl (C=O) groups is 3. The number of nitrogens with two attached hydrogens (primary N) is 1. The second kappa shape index (κ2) is 8.33. The van der Waals surface area contributed by atoms with Crippen molar-refractivity contribution in [3.63, 3.8) is 0 Å². The Labute approximate surface area is 140 Å². The summed E-state index contributed by atoms with van der Waals surface area (Å²) in [5.74, 6) is -1.44. The van der Waals surface area contributed by atoms with Crippen molar-refractivity contribution in [1.82, 2.24) is 4.90 Å². The number of carbonyl (C=O) groups excluding carboxylic acids is 3. The van der Waals surface area contributed by atoms with Gasteiger partial charge in [-0.1, -0.05) is 30.3 Å². The molecule has 0 aromatic heterocycles. The molecule has 0 aliphatic carbocycles. The van der Waals surface area contributed by atoms with E-state index in [0.717, 1.165) is 5.56 Å². The molecule has 1 fully saturated rings. The first-order chi connectivity index (χ1) is 11.5. The van der Waals surface area contributed by atoms with Crippen LogP contribution in [0.25, 0.3) is 0 Å². The molecule has 0 spiro atoms. The lowest BCUT2D eigenvalue weighted by Gasteiger charge is -2.36. The van der Waals surface area contributed by atoms with Gasteiger partial charge in [0, 0.05) is 6.54 Å². The molecular weight excluding hydrogens is 312 g/mol. The molecule has 0 unspecified atom stereocenters. The Morgan fingerprint density at radius 2 is 1.92 bits per heavy atom. The number of ether oxygens (including phenoxy) is 2. The van der Waals surface area contributed by atoms with Gasteiger partial charge in [0.15, 0.2) is 0 Å². The fourth-order valence-electron chi connectivity index (χ4n) is 2.73. The summed E-state index contributed by atoms with van der Waals surface area (Å²) in [5.41, 5.74) is 6.25. The third kappa shape index (κ3) is 4.47. The molecule has 7 nitrogen and oxygen atoms in total. The number of hydrogen-bond acceptors (Lipinski definition) is 5. The summed E-state index contributed by atoms with van der Waals surface area (Å²) in [4.78, 5) is 37.1. The van der Waals surface area contributed by atoms with E-state index < -0.39 is 24.0 Å². The van der Waals surface area contributed by atoms with Crippen LogP contribution in [-0.4, -0.2) is 42.1 Å². The maximum atomic E-state index is 12.3. The van der Waals surface area contributed by atoms with E-state index in [0.29, 0.717) is 6.42 Å². The molecular formula is C17H22N2O5. The van der Waals surface area contributed by atoms with Crippen molar-refractivity contribution >= 4 is 18.0 Å². The lowest BCUT2D eigenvalue weighted by atomic mass is 9.90. The predicted octanol–water partition coefficient (Wildman–Crippen LogP) is 1.45. The lowest BCUT2D eigenvalue weighted by Crippen LogP contribution is -2.53. The number of hydrogen-bond donors (Lipinski definition) is 1. The smallest absolute Gasteiger partial charge is 0.410 e. The highest BCUT2D eigenvalue weighted by Gasteiger charge is 2.39. The van der Waals surface area contributed by atoms with Crippen molar-refractivity contribution in [3.05, 3.63) is 35.9 Å². The number of rotatable bonds is 5. The zero-order valence-corrected chi connectivity index (χ0v) is 13.6. The van der Waals surface area contributed by atoms with Crippen LogP contribution < -0.4 is 5.73 Å². The first kappa shape index (κ1) is 17.8. The lowest BCUT2D eigenvalue weighted by molar-refractivity contribution is -0.150. The first-order valence-corrected chi connectivity index (χ1v) is 7.96. The average Bonchev–Trinajstić information content (AvgIpc) is 2.60. The maximum absolute atomic E-state index is 12.3. The second-order valence-electron chi connectivity index (χ2n) is 5.63. The Balaban J connectivity index is 1.97. The minimum Gasteiger partial charge on any atom is -0.466 e. The van der Waals surface area contributed by atoms with E-state index in [1.54, 1.807) is 6.92 Å². The van der Waals surface area contributed by atoms with Crippen LogP contribution in [0.3, 0.4) is 0 Å². The Morgan fingerprint density at radius 3 is 2.54 bits per heavy atom. The zero-order chi connectivity index (χ0) is 17.5. The van der Waals surface area contributed by atoms with E-state index in [1.165, 1.54) is 4.90 Å². The summed E-state index contributed by atoms with van der Waals surface area (Å²) in [6.45, 7) is 2.34. The minimum atomic E-state index is -0.864. The monoisotopic (exact) mass is 334 g/mol. The molecule has 0 bridgehead atoms. The maximum Gasteiger partial charge on any atom is 0.410 e. The number of benzene rings is 1. The van der Waals surface area contributed by atoms with Crippen LogP contribution in [0, 0.1) is 5.92 Å². The van der Waals surface area contributed by atoms with Crippen LogP contribution in [0.2, 0.25) is 0 Å². The Kier molecular flexibility index (Phi) is 6.17. The van der Waals surface area contributed by atoms with Crippen molar-refractivity contribution in [1.29, 1.82) is 0 Å². The quantitative estimate of drug-likeness (QED) is 0.822.